The predicted octanol–water partition coefficient (Wildman–Crippen LogP) is 4.32. The molecule has 0 amide bonds. The zero-order valence-electron chi connectivity index (χ0n) is 6.54. The molecule has 1 unspecified atom stereocenters. The van der Waals surface area contributed by atoms with Gasteiger partial charge in [0.25, 0.3) is 0 Å². The molecule has 0 bridgehead atoms. The number of hydrogen-bond acceptors (Lipinski definition) is 2. The van der Waals surface area contributed by atoms with Crippen molar-refractivity contribution in [2.75, 3.05) is 0 Å². The van der Waals surface area contributed by atoms with Crippen LogP contribution in [0, 0.1) is 0 Å². The van der Waals surface area contributed by atoms with Gasteiger partial charge >= 0.3 is 0 Å². The molecular formula is C9H6Cl2OS. The van der Waals surface area contributed by atoms with Gasteiger partial charge in [-0.1, -0.05) is 11.6 Å². The van der Waals surface area contributed by atoms with Crippen molar-refractivity contribution >= 4 is 34.5 Å². The first-order chi connectivity index (χ1) is 6.29. The zero-order valence-corrected chi connectivity index (χ0v) is 8.86. The monoisotopic (exact) mass is 232 g/mol. The largest absolute Gasteiger partial charge is 0.467 e. The van der Waals surface area contributed by atoms with Crippen molar-refractivity contribution < 1.29 is 4.42 Å². The fourth-order valence-electron chi connectivity index (χ4n) is 1.05. The van der Waals surface area contributed by atoms with Crippen LogP contribution in [0.3, 0.4) is 0 Å². The number of furan rings is 1. The topological polar surface area (TPSA) is 13.1 Å². The Morgan fingerprint density at radius 1 is 1.38 bits per heavy atom. The molecule has 0 fully saturated rings. The Labute approximate surface area is 89.9 Å². The third-order valence-corrected chi connectivity index (χ3v) is 3.65. The minimum absolute atomic E-state index is 0.275. The Balaban J connectivity index is 2.33. The minimum atomic E-state index is -0.275. The Morgan fingerprint density at radius 2 is 2.23 bits per heavy atom. The van der Waals surface area contributed by atoms with E-state index in [2.05, 4.69) is 0 Å². The number of halogens is 2. The summed E-state index contributed by atoms with van der Waals surface area (Å²) in [4.78, 5) is 0.929. The fraction of sp³-hybridized carbons (Fsp3) is 0.111. The summed E-state index contributed by atoms with van der Waals surface area (Å²) >= 11 is 13.6. The van der Waals surface area contributed by atoms with Gasteiger partial charge in [0, 0.05) is 4.88 Å². The zero-order chi connectivity index (χ0) is 9.26. The highest BCUT2D eigenvalue weighted by molar-refractivity contribution is 7.11. The van der Waals surface area contributed by atoms with E-state index in [-0.39, 0.29) is 5.38 Å². The lowest BCUT2D eigenvalue weighted by Crippen LogP contribution is -1.87. The molecule has 2 rings (SSSR count). The quantitative estimate of drug-likeness (QED) is 0.704. The number of alkyl halides is 1. The van der Waals surface area contributed by atoms with Crippen molar-refractivity contribution in [3.8, 4) is 0 Å². The molecule has 68 valence electrons. The predicted molar refractivity (Wildman–Crippen MR) is 55.7 cm³/mol. The third kappa shape index (κ3) is 1.75. The maximum atomic E-state index is 6.15. The molecule has 2 heterocycles. The van der Waals surface area contributed by atoms with E-state index in [0.29, 0.717) is 5.02 Å². The summed E-state index contributed by atoms with van der Waals surface area (Å²) in [5.74, 6) is 0.728. The van der Waals surface area contributed by atoms with Crippen molar-refractivity contribution in [1.29, 1.82) is 0 Å². The SMILES string of the molecule is Clc1ccsc1C(Cl)c1ccco1. The molecule has 1 nitrogen and oxygen atoms in total. The van der Waals surface area contributed by atoms with Gasteiger partial charge in [0.1, 0.15) is 11.1 Å². The van der Waals surface area contributed by atoms with Gasteiger partial charge < -0.3 is 4.42 Å². The lowest BCUT2D eigenvalue weighted by molar-refractivity contribution is 0.517. The molecule has 13 heavy (non-hydrogen) atoms. The highest BCUT2D eigenvalue weighted by Gasteiger charge is 2.17. The molecule has 0 aromatic carbocycles. The molecule has 2 aromatic heterocycles. The van der Waals surface area contributed by atoms with Gasteiger partial charge in [0.05, 0.1) is 11.3 Å². The fourth-order valence-corrected chi connectivity index (χ4v) is 2.65. The summed E-state index contributed by atoms with van der Waals surface area (Å²) in [6.45, 7) is 0. The summed E-state index contributed by atoms with van der Waals surface area (Å²) in [6, 6.07) is 5.49. The van der Waals surface area contributed by atoms with Gasteiger partial charge in [-0.25, -0.2) is 0 Å². The van der Waals surface area contributed by atoms with Crippen molar-refractivity contribution in [2.24, 2.45) is 0 Å². The molecule has 0 saturated heterocycles. The molecule has 0 aliphatic rings. The average Bonchev–Trinajstić information content (AvgIpc) is 2.72. The summed E-state index contributed by atoms with van der Waals surface area (Å²) in [5.41, 5.74) is 0. The van der Waals surface area contributed by atoms with Crippen LogP contribution in [0.5, 0.6) is 0 Å². The lowest BCUT2D eigenvalue weighted by atomic mass is 10.3. The van der Waals surface area contributed by atoms with E-state index in [1.165, 1.54) is 11.3 Å². The van der Waals surface area contributed by atoms with E-state index in [4.69, 9.17) is 27.6 Å². The van der Waals surface area contributed by atoms with Gasteiger partial charge in [0.2, 0.25) is 0 Å². The van der Waals surface area contributed by atoms with E-state index in [0.717, 1.165) is 10.6 Å². The van der Waals surface area contributed by atoms with Gasteiger partial charge in [0.15, 0.2) is 0 Å². The van der Waals surface area contributed by atoms with Gasteiger partial charge in [-0.05, 0) is 23.6 Å². The molecule has 0 aliphatic heterocycles. The van der Waals surface area contributed by atoms with E-state index in [9.17, 15) is 0 Å². The van der Waals surface area contributed by atoms with Crippen LogP contribution in [0.15, 0.2) is 34.3 Å². The van der Waals surface area contributed by atoms with Crippen LogP contribution in [-0.4, -0.2) is 0 Å². The molecule has 0 aliphatic carbocycles. The van der Waals surface area contributed by atoms with Crippen molar-refractivity contribution in [1.82, 2.24) is 0 Å². The Bertz CT molecular complexity index is 380. The molecule has 0 spiro atoms. The average molecular weight is 233 g/mol. The van der Waals surface area contributed by atoms with Crippen molar-refractivity contribution in [3.05, 3.63) is 45.5 Å². The first kappa shape index (κ1) is 9.13. The van der Waals surface area contributed by atoms with E-state index >= 15 is 0 Å². The van der Waals surface area contributed by atoms with Gasteiger partial charge in [-0.15, -0.1) is 22.9 Å². The standard InChI is InChI=1S/C9H6Cl2OS/c10-6-3-5-13-9(6)8(11)7-2-1-4-12-7/h1-5,8H. The lowest BCUT2D eigenvalue weighted by Gasteiger charge is -2.03. The molecule has 0 radical (unpaired) electrons. The summed E-state index contributed by atoms with van der Waals surface area (Å²) in [5, 5.41) is 2.33. The summed E-state index contributed by atoms with van der Waals surface area (Å²) in [7, 11) is 0. The molecule has 2 aromatic rings. The second-order valence-corrected chi connectivity index (χ2v) is 4.30. The number of thiophene rings is 1. The van der Waals surface area contributed by atoms with Crippen LogP contribution in [0.25, 0.3) is 0 Å². The van der Waals surface area contributed by atoms with Crippen LogP contribution >= 0.6 is 34.5 Å². The Morgan fingerprint density at radius 3 is 2.77 bits per heavy atom. The molecule has 4 heteroatoms. The van der Waals surface area contributed by atoms with E-state index < -0.39 is 0 Å². The second kappa shape index (κ2) is 3.74. The van der Waals surface area contributed by atoms with Crippen LogP contribution in [-0.2, 0) is 0 Å². The Kier molecular flexibility index (Phi) is 2.63. The van der Waals surface area contributed by atoms with Crippen molar-refractivity contribution in [2.45, 2.75) is 5.38 Å². The Hall–Kier alpha value is -0.440. The summed E-state index contributed by atoms with van der Waals surface area (Å²) in [6.07, 6.45) is 1.60. The smallest absolute Gasteiger partial charge is 0.127 e. The van der Waals surface area contributed by atoms with E-state index in [1.807, 2.05) is 23.6 Å². The first-order valence-corrected chi connectivity index (χ1v) is 5.39. The number of hydrogen-bond donors (Lipinski definition) is 0. The minimum Gasteiger partial charge on any atom is -0.467 e. The van der Waals surface area contributed by atoms with Crippen LogP contribution in [0.2, 0.25) is 5.02 Å². The van der Waals surface area contributed by atoms with Gasteiger partial charge in [-0.2, -0.15) is 0 Å². The highest BCUT2D eigenvalue weighted by Crippen LogP contribution is 2.37. The van der Waals surface area contributed by atoms with E-state index in [1.54, 1.807) is 6.26 Å². The van der Waals surface area contributed by atoms with Gasteiger partial charge in [-0.3, -0.25) is 0 Å². The molecule has 1 atom stereocenters. The maximum Gasteiger partial charge on any atom is 0.127 e. The number of rotatable bonds is 2. The summed E-state index contributed by atoms with van der Waals surface area (Å²) < 4.78 is 5.19. The normalized spacial score (nSPS) is 13.1. The first-order valence-electron chi connectivity index (χ1n) is 3.69. The van der Waals surface area contributed by atoms with Crippen LogP contribution in [0.1, 0.15) is 16.0 Å². The van der Waals surface area contributed by atoms with Crippen molar-refractivity contribution in [3.63, 3.8) is 0 Å². The van der Waals surface area contributed by atoms with Crippen LogP contribution in [0.4, 0.5) is 0 Å². The molecular weight excluding hydrogens is 227 g/mol. The molecule has 0 saturated carbocycles. The highest BCUT2D eigenvalue weighted by atomic mass is 35.5. The maximum absolute atomic E-state index is 6.15. The van der Waals surface area contributed by atoms with Crippen LogP contribution < -0.4 is 0 Å². The molecule has 0 N–H and O–H groups in total. The third-order valence-electron chi connectivity index (χ3n) is 1.67. The second-order valence-electron chi connectivity index (χ2n) is 2.51.